The number of hydrogen-bond acceptors (Lipinski definition) is 5. The van der Waals surface area contributed by atoms with E-state index in [9.17, 15) is 13.2 Å². The van der Waals surface area contributed by atoms with E-state index in [1.54, 1.807) is 38.1 Å². The van der Waals surface area contributed by atoms with E-state index in [-0.39, 0.29) is 22.9 Å². The minimum atomic E-state index is -3.82. The summed E-state index contributed by atoms with van der Waals surface area (Å²) in [4.78, 5) is 12.6. The Labute approximate surface area is 163 Å². The fourth-order valence-electron chi connectivity index (χ4n) is 2.62. The highest BCUT2D eigenvalue weighted by Crippen LogP contribution is 2.20. The average molecular weight is 399 g/mol. The van der Waals surface area contributed by atoms with Gasteiger partial charge >= 0.3 is 0 Å². The lowest BCUT2D eigenvalue weighted by molar-refractivity contribution is 0.0949. The van der Waals surface area contributed by atoms with Crippen LogP contribution in [0, 0.1) is 20.8 Å². The molecule has 146 valence electrons. The van der Waals surface area contributed by atoms with Crippen molar-refractivity contribution in [3.63, 3.8) is 0 Å². The van der Waals surface area contributed by atoms with Crippen molar-refractivity contribution in [1.82, 2.24) is 10.5 Å². The van der Waals surface area contributed by atoms with E-state index in [0.717, 1.165) is 5.56 Å². The number of nitrogens with one attached hydrogen (secondary N) is 2. The Morgan fingerprint density at radius 3 is 2.39 bits per heavy atom. The van der Waals surface area contributed by atoms with Crippen molar-refractivity contribution in [2.45, 2.75) is 32.2 Å². The summed E-state index contributed by atoms with van der Waals surface area (Å²) in [7, 11) is -3.82. The minimum absolute atomic E-state index is 0.0149. The maximum Gasteiger partial charge on any atom is 0.261 e. The van der Waals surface area contributed by atoms with E-state index in [4.69, 9.17) is 4.52 Å². The Morgan fingerprint density at radius 2 is 1.75 bits per heavy atom. The van der Waals surface area contributed by atoms with Crippen LogP contribution in [0.25, 0.3) is 0 Å². The molecular weight excluding hydrogens is 378 g/mol. The second-order valence-corrected chi connectivity index (χ2v) is 8.24. The summed E-state index contributed by atoms with van der Waals surface area (Å²) in [6.07, 6.45) is 0. The first-order valence-corrected chi connectivity index (χ1v) is 10.1. The van der Waals surface area contributed by atoms with Crippen LogP contribution in [0.5, 0.6) is 0 Å². The standard InChI is InChI=1S/C20H21N3O4S/c1-13-4-7-16(8-5-13)23-28(25,26)18-9-6-14(2)19(11-18)20(24)21-12-17-10-15(3)27-22-17/h4-11,23H,12H2,1-3H3,(H,21,24). The van der Waals surface area contributed by atoms with Crippen molar-refractivity contribution in [3.8, 4) is 0 Å². The molecule has 0 unspecified atom stereocenters. The van der Waals surface area contributed by atoms with Crippen LogP contribution in [0.4, 0.5) is 5.69 Å². The van der Waals surface area contributed by atoms with Crippen LogP contribution in [0.2, 0.25) is 0 Å². The molecule has 0 aliphatic heterocycles. The second kappa shape index (κ2) is 7.85. The van der Waals surface area contributed by atoms with Crippen molar-refractivity contribution in [2.75, 3.05) is 4.72 Å². The number of carbonyl (C=O) groups is 1. The van der Waals surface area contributed by atoms with Gasteiger partial charge in [0.2, 0.25) is 0 Å². The molecule has 0 bridgehead atoms. The van der Waals surface area contributed by atoms with Gasteiger partial charge in [0.15, 0.2) is 0 Å². The first-order valence-electron chi connectivity index (χ1n) is 8.65. The number of carbonyl (C=O) groups excluding carboxylic acids is 1. The Bertz CT molecular complexity index is 1100. The lowest BCUT2D eigenvalue weighted by Crippen LogP contribution is -2.24. The molecule has 1 amide bonds. The van der Waals surface area contributed by atoms with Gasteiger partial charge in [0.25, 0.3) is 15.9 Å². The van der Waals surface area contributed by atoms with Crippen LogP contribution < -0.4 is 10.0 Å². The molecule has 3 rings (SSSR count). The van der Waals surface area contributed by atoms with Crippen molar-refractivity contribution in [3.05, 3.63) is 76.7 Å². The van der Waals surface area contributed by atoms with Gasteiger partial charge in [-0.1, -0.05) is 28.9 Å². The molecule has 7 nitrogen and oxygen atoms in total. The molecule has 2 N–H and O–H groups in total. The lowest BCUT2D eigenvalue weighted by atomic mass is 10.1. The van der Waals surface area contributed by atoms with Crippen LogP contribution >= 0.6 is 0 Å². The molecule has 0 saturated carbocycles. The number of nitrogens with zero attached hydrogens (tertiary/aromatic N) is 1. The largest absolute Gasteiger partial charge is 0.361 e. The van der Waals surface area contributed by atoms with E-state index in [0.29, 0.717) is 22.7 Å². The second-order valence-electron chi connectivity index (χ2n) is 6.56. The van der Waals surface area contributed by atoms with E-state index in [1.165, 1.54) is 12.1 Å². The molecular formula is C20H21N3O4S. The quantitative estimate of drug-likeness (QED) is 0.662. The molecule has 0 spiro atoms. The van der Waals surface area contributed by atoms with E-state index >= 15 is 0 Å². The maximum absolute atomic E-state index is 12.7. The molecule has 0 aliphatic carbocycles. The zero-order chi connectivity index (χ0) is 20.3. The molecule has 1 heterocycles. The van der Waals surface area contributed by atoms with Gasteiger partial charge in [0.1, 0.15) is 11.5 Å². The molecule has 0 saturated heterocycles. The van der Waals surface area contributed by atoms with Crippen molar-refractivity contribution in [2.24, 2.45) is 0 Å². The van der Waals surface area contributed by atoms with Crippen LogP contribution in [-0.4, -0.2) is 19.5 Å². The van der Waals surface area contributed by atoms with Crippen molar-refractivity contribution < 1.29 is 17.7 Å². The number of aromatic nitrogens is 1. The van der Waals surface area contributed by atoms with Gasteiger partial charge < -0.3 is 9.84 Å². The van der Waals surface area contributed by atoms with Gasteiger partial charge in [-0.15, -0.1) is 0 Å². The van der Waals surface area contributed by atoms with Gasteiger partial charge in [0.05, 0.1) is 11.4 Å². The summed E-state index contributed by atoms with van der Waals surface area (Å²) in [6, 6.07) is 13.2. The fraction of sp³-hybridized carbons (Fsp3) is 0.200. The Morgan fingerprint density at radius 1 is 1.04 bits per heavy atom. The third-order valence-electron chi connectivity index (χ3n) is 4.17. The summed E-state index contributed by atoms with van der Waals surface area (Å²) in [5.41, 5.74) is 3.03. The zero-order valence-electron chi connectivity index (χ0n) is 15.8. The zero-order valence-corrected chi connectivity index (χ0v) is 16.6. The monoisotopic (exact) mass is 399 g/mol. The highest BCUT2D eigenvalue weighted by atomic mass is 32.2. The molecule has 0 fully saturated rings. The van der Waals surface area contributed by atoms with E-state index in [2.05, 4.69) is 15.2 Å². The Hall–Kier alpha value is -3.13. The smallest absolute Gasteiger partial charge is 0.261 e. The highest BCUT2D eigenvalue weighted by Gasteiger charge is 2.18. The number of hydrogen-bond donors (Lipinski definition) is 2. The molecule has 0 aliphatic rings. The Balaban J connectivity index is 1.79. The molecule has 1 aromatic heterocycles. The first-order chi connectivity index (χ1) is 13.2. The van der Waals surface area contributed by atoms with Crippen molar-refractivity contribution >= 4 is 21.6 Å². The number of anilines is 1. The predicted molar refractivity (Wildman–Crippen MR) is 106 cm³/mol. The van der Waals surface area contributed by atoms with Crippen molar-refractivity contribution in [1.29, 1.82) is 0 Å². The van der Waals surface area contributed by atoms with Crippen LogP contribution in [0.3, 0.4) is 0 Å². The van der Waals surface area contributed by atoms with Gasteiger partial charge in [-0.2, -0.15) is 0 Å². The Kier molecular flexibility index (Phi) is 5.51. The van der Waals surface area contributed by atoms with Gasteiger partial charge in [-0.3, -0.25) is 9.52 Å². The summed E-state index contributed by atoms with van der Waals surface area (Å²) < 4.78 is 32.9. The molecule has 0 atom stereocenters. The predicted octanol–water partition coefficient (Wildman–Crippen LogP) is 3.33. The number of benzene rings is 2. The first kappa shape index (κ1) is 19.6. The molecule has 8 heteroatoms. The molecule has 0 radical (unpaired) electrons. The van der Waals surface area contributed by atoms with E-state index < -0.39 is 10.0 Å². The average Bonchev–Trinajstić information content (AvgIpc) is 3.07. The normalized spacial score (nSPS) is 11.2. The highest BCUT2D eigenvalue weighted by molar-refractivity contribution is 7.92. The van der Waals surface area contributed by atoms with Gasteiger partial charge in [-0.25, -0.2) is 8.42 Å². The lowest BCUT2D eigenvalue weighted by Gasteiger charge is -2.11. The summed E-state index contributed by atoms with van der Waals surface area (Å²) >= 11 is 0. The van der Waals surface area contributed by atoms with Crippen LogP contribution in [0.15, 0.2) is 57.9 Å². The summed E-state index contributed by atoms with van der Waals surface area (Å²) in [5, 5.41) is 6.55. The van der Waals surface area contributed by atoms with Gasteiger partial charge in [0, 0.05) is 17.3 Å². The minimum Gasteiger partial charge on any atom is -0.361 e. The summed E-state index contributed by atoms with van der Waals surface area (Å²) in [6.45, 7) is 5.62. The van der Waals surface area contributed by atoms with Crippen LogP contribution in [0.1, 0.15) is 32.9 Å². The fourth-order valence-corrected chi connectivity index (χ4v) is 3.70. The van der Waals surface area contributed by atoms with Gasteiger partial charge in [-0.05, 0) is 50.6 Å². The number of amides is 1. The molecule has 3 aromatic rings. The molecule has 2 aromatic carbocycles. The topological polar surface area (TPSA) is 101 Å². The number of sulfonamides is 1. The number of rotatable bonds is 6. The maximum atomic E-state index is 12.7. The molecule has 28 heavy (non-hydrogen) atoms. The number of aryl methyl sites for hydroxylation is 3. The summed E-state index contributed by atoms with van der Waals surface area (Å²) in [5.74, 6) is 0.265. The van der Waals surface area contributed by atoms with E-state index in [1.807, 2.05) is 19.1 Å². The van der Waals surface area contributed by atoms with Crippen LogP contribution in [-0.2, 0) is 16.6 Å². The SMILES string of the molecule is Cc1ccc(NS(=O)(=O)c2ccc(C)c(C(=O)NCc3cc(C)on3)c2)cc1. The third kappa shape index (κ3) is 4.58. The third-order valence-corrected chi connectivity index (χ3v) is 5.55.